The maximum Gasteiger partial charge on any atom is 0.306 e. The van der Waals surface area contributed by atoms with Gasteiger partial charge in [-0.05, 0) is 95.4 Å². The number of nitrogens with zero attached hydrogens (tertiary/aromatic N) is 3. The van der Waals surface area contributed by atoms with E-state index in [1.54, 1.807) is 24.1 Å². The normalized spacial score (nSPS) is 26.5. The number of fused-ring (bicyclic) bond motifs is 3. The summed E-state index contributed by atoms with van der Waals surface area (Å²) in [6, 6.07) is 10.0. The van der Waals surface area contributed by atoms with Crippen LogP contribution < -0.4 is 14.8 Å². The number of carbonyl (C=O) groups excluding carboxylic acids is 3. The Morgan fingerprint density at radius 3 is 2.66 bits per heavy atom. The molecule has 61 heavy (non-hydrogen) atoms. The number of anilines is 1. The van der Waals surface area contributed by atoms with Crippen molar-refractivity contribution in [1.82, 2.24) is 14.9 Å². The predicted octanol–water partition coefficient (Wildman–Crippen LogP) is 9.33. The highest BCUT2D eigenvalue weighted by molar-refractivity contribution is 7.59. The average Bonchev–Trinajstić information content (AvgIpc) is 3.86. The number of furan rings is 1. The highest BCUT2D eigenvalue weighted by atomic mass is 32.1. The monoisotopic (exact) mass is 872 g/mol. The fourth-order valence-corrected chi connectivity index (χ4v) is 12.7. The van der Waals surface area contributed by atoms with Gasteiger partial charge in [0.05, 0.1) is 54.9 Å². The number of pyridine rings is 1. The third-order valence-corrected chi connectivity index (χ3v) is 16.3. The molecule has 3 aromatic heterocycles. The summed E-state index contributed by atoms with van der Waals surface area (Å²) in [5, 5.41) is 5.59. The zero-order chi connectivity index (χ0) is 42.7. The standard InChI is InChI=1S/C46H57N4O9PS/c1-29(2)47-45-49-39(28-61-45)38-23-42(36-18-17-33(56-3)21-37(36)48-38)58-35-22-40-41(51)25-46(60(54,55)27-34-16-11-19-57-34)24-31(46)13-8-6-4-5-7-12-30(44(53)50(40)26-35)20-43(52)59-32-14-9-10-15-32/h8,11,13,16-19,21,23,28-32,35,40H,4-7,9-10,12,14-15,20,22,24-27H2,1-3H3,(H,47,49)(H,54,55)/b13-8-/t30-,31-,35-,40+,46-/m1/s1. The Kier molecular flexibility index (Phi) is 13.0. The first kappa shape index (κ1) is 43.1. The summed E-state index contributed by atoms with van der Waals surface area (Å²) in [7, 11) is -2.40. The number of carbonyl (C=O) groups is 3. The molecule has 15 heteroatoms. The third-order valence-electron chi connectivity index (χ3n) is 12.8. The number of hydrogen-bond donors (Lipinski definition) is 2. The number of nitrogens with one attached hydrogen (secondary N) is 1. The first-order chi connectivity index (χ1) is 29.4. The lowest BCUT2D eigenvalue weighted by molar-refractivity contribution is -0.154. The van der Waals surface area contributed by atoms with E-state index in [0.717, 1.165) is 61.9 Å². The molecule has 1 unspecified atom stereocenters. The van der Waals surface area contributed by atoms with E-state index in [4.69, 9.17) is 28.6 Å². The van der Waals surface area contributed by atoms with Crippen LogP contribution in [0.4, 0.5) is 5.13 Å². The quantitative estimate of drug-likeness (QED) is 0.0787. The molecule has 13 nitrogen and oxygen atoms in total. The summed E-state index contributed by atoms with van der Waals surface area (Å²) in [6.07, 6.45) is 12.3. The van der Waals surface area contributed by atoms with E-state index in [-0.39, 0.29) is 67.7 Å². The van der Waals surface area contributed by atoms with Crippen molar-refractivity contribution in [2.24, 2.45) is 11.8 Å². The van der Waals surface area contributed by atoms with Crippen LogP contribution in [0.5, 0.6) is 11.5 Å². The van der Waals surface area contributed by atoms with Gasteiger partial charge in [-0.1, -0.05) is 25.0 Å². The van der Waals surface area contributed by atoms with Gasteiger partial charge in [-0.15, -0.1) is 11.3 Å². The summed E-state index contributed by atoms with van der Waals surface area (Å²) in [5.41, 5.74) is 1.89. The summed E-state index contributed by atoms with van der Waals surface area (Å²) in [5.74, 6) is -0.383. The SMILES string of the molecule is COc1ccc2c(O[C@@H]3C[C@H]4C(=O)C[C@]5(P(=O)(O)Cc6ccco6)C[C@H]5/C=C\CCCCC[C@H](CC(=O)OC5CCCC5)C(=O)N4C3)cc(-c3csc(NC(C)C)n3)nc2c1. The van der Waals surface area contributed by atoms with Crippen LogP contribution in [0.2, 0.25) is 0 Å². The number of ketones is 1. The van der Waals surface area contributed by atoms with Crippen LogP contribution in [0.25, 0.3) is 22.3 Å². The lowest BCUT2D eigenvalue weighted by Gasteiger charge is -2.30. The Bertz CT molecular complexity index is 2290. The van der Waals surface area contributed by atoms with Crippen molar-refractivity contribution in [3.05, 3.63) is 66.0 Å². The van der Waals surface area contributed by atoms with Crippen molar-refractivity contribution in [2.75, 3.05) is 19.0 Å². The van der Waals surface area contributed by atoms with E-state index in [9.17, 15) is 23.8 Å². The van der Waals surface area contributed by atoms with Gasteiger partial charge < -0.3 is 33.7 Å². The second-order valence-corrected chi connectivity index (χ2v) is 21.0. The van der Waals surface area contributed by atoms with Crippen molar-refractivity contribution in [3.63, 3.8) is 0 Å². The van der Waals surface area contributed by atoms with Gasteiger partial charge in [0.25, 0.3) is 0 Å². The minimum absolute atomic E-state index is 0.0688. The van der Waals surface area contributed by atoms with Gasteiger partial charge in [-0.3, -0.25) is 18.9 Å². The van der Waals surface area contributed by atoms with Crippen LogP contribution >= 0.6 is 18.7 Å². The van der Waals surface area contributed by atoms with Crippen LogP contribution in [0, 0.1) is 11.8 Å². The number of thiazole rings is 1. The molecule has 326 valence electrons. The number of amides is 1. The molecule has 1 aromatic carbocycles. The van der Waals surface area contributed by atoms with E-state index in [1.165, 1.54) is 17.6 Å². The number of rotatable bonds is 12. The number of ether oxygens (including phenoxy) is 3. The highest BCUT2D eigenvalue weighted by Gasteiger charge is 2.65. The Hall–Kier alpha value is -4.52. The summed E-state index contributed by atoms with van der Waals surface area (Å²) in [6.45, 7) is 4.19. The van der Waals surface area contributed by atoms with E-state index in [0.29, 0.717) is 47.0 Å². The van der Waals surface area contributed by atoms with Crippen molar-refractivity contribution in [3.8, 4) is 22.9 Å². The molecule has 3 fully saturated rings. The topological polar surface area (TPSA) is 170 Å². The summed E-state index contributed by atoms with van der Waals surface area (Å²) in [4.78, 5) is 66.3. The maximum absolute atomic E-state index is 14.9. The summed E-state index contributed by atoms with van der Waals surface area (Å²) < 4.78 is 38.2. The second kappa shape index (κ2) is 18.4. The largest absolute Gasteiger partial charge is 0.497 e. The number of hydrogen-bond acceptors (Lipinski definition) is 12. The third kappa shape index (κ3) is 9.76. The highest BCUT2D eigenvalue weighted by Crippen LogP contribution is 2.74. The average molecular weight is 873 g/mol. The molecule has 0 bridgehead atoms. The predicted molar refractivity (Wildman–Crippen MR) is 234 cm³/mol. The zero-order valence-electron chi connectivity index (χ0n) is 35.3. The van der Waals surface area contributed by atoms with Gasteiger partial charge in [0.15, 0.2) is 10.9 Å². The Balaban J connectivity index is 1.13. The Morgan fingerprint density at radius 2 is 1.89 bits per heavy atom. The molecular weight excluding hydrogens is 816 g/mol. The van der Waals surface area contributed by atoms with Crippen molar-refractivity contribution in [2.45, 2.75) is 133 Å². The van der Waals surface area contributed by atoms with Crippen LogP contribution in [0.15, 0.2) is 64.6 Å². The molecule has 2 aliphatic carbocycles. The molecular formula is C46H57N4O9PS. The number of Topliss-reactive ketones (excluding diaryl/α,β-unsaturated/α-hetero) is 1. The minimum Gasteiger partial charge on any atom is -0.497 e. The molecule has 6 atom stereocenters. The molecule has 2 N–H and O–H groups in total. The van der Waals surface area contributed by atoms with Gasteiger partial charge in [0.1, 0.15) is 35.2 Å². The van der Waals surface area contributed by atoms with Gasteiger partial charge in [0.2, 0.25) is 13.3 Å². The van der Waals surface area contributed by atoms with Gasteiger partial charge in [0, 0.05) is 47.7 Å². The van der Waals surface area contributed by atoms with E-state index in [2.05, 4.69) is 11.4 Å². The van der Waals surface area contributed by atoms with Crippen LogP contribution in [0.3, 0.4) is 0 Å². The Labute approximate surface area is 361 Å². The van der Waals surface area contributed by atoms with Gasteiger partial charge >= 0.3 is 5.97 Å². The van der Waals surface area contributed by atoms with Crippen molar-refractivity contribution >= 4 is 52.4 Å². The number of allylic oxidation sites excluding steroid dienone is 2. The van der Waals surface area contributed by atoms with Crippen LogP contribution in [-0.4, -0.2) is 80.5 Å². The van der Waals surface area contributed by atoms with Crippen molar-refractivity contribution in [1.29, 1.82) is 0 Å². The molecule has 4 aromatic rings. The number of benzene rings is 1. The van der Waals surface area contributed by atoms with E-state index < -0.39 is 30.6 Å². The van der Waals surface area contributed by atoms with E-state index in [1.807, 2.05) is 49.6 Å². The molecule has 4 aliphatic rings. The molecule has 1 saturated heterocycles. The molecule has 8 rings (SSSR count). The molecule has 0 spiro atoms. The number of aromatic nitrogens is 2. The van der Waals surface area contributed by atoms with Crippen LogP contribution in [0.1, 0.15) is 103 Å². The summed E-state index contributed by atoms with van der Waals surface area (Å²) >= 11 is 1.48. The smallest absolute Gasteiger partial charge is 0.306 e. The Morgan fingerprint density at radius 1 is 1.07 bits per heavy atom. The number of methoxy groups -OCH3 is 1. The first-order valence-corrected chi connectivity index (χ1v) is 24.6. The van der Waals surface area contributed by atoms with Gasteiger partial charge in [-0.2, -0.15) is 0 Å². The van der Waals surface area contributed by atoms with E-state index >= 15 is 0 Å². The van der Waals surface area contributed by atoms with Crippen LogP contribution in [-0.2, 0) is 29.8 Å². The fourth-order valence-electron chi connectivity index (χ4n) is 9.42. The molecule has 2 saturated carbocycles. The molecule has 2 aliphatic heterocycles. The molecule has 1 amide bonds. The minimum atomic E-state index is -4.00. The lowest BCUT2D eigenvalue weighted by atomic mass is 9.94. The first-order valence-electron chi connectivity index (χ1n) is 21.8. The number of esters is 1. The molecule has 5 heterocycles. The molecule has 0 radical (unpaired) electrons. The second-order valence-electron chi connectivity index (χ2n) is 17.6. The zero-order valence-corrected chi connectivity index (χ0v) is 37.0. The fraction of sp³-hybridized carbons (Fsp3) is 0.543. The maximum atomic E-state index is 14.9. The lowest BCUT2D eigenvalue weighted by Crippen LogP contribution is -2.45. The van der Waals surface area contributed by atoms with Gasteiger partial charge in [-0.25, -0.2) is 9.97 Å². The van der Waals surface area contributed by atoms with Crippen molar-refractivity contribution < 1.29 is 42.5 Å².